The Labute approximate surface area is 93.0 Å². The first-order valence-electron chi connectivity index (χ1n) is 5.41. The molecule has 4 heteroatoms. The van der Waals surface area contributed by atoms with Crippen molar-refractivity contribution >= 4 is 9.24 Å². The van der Waals surface area contributed by atoms with Crippen molar-refractivity contribution in [3.05, 3.63) is 23.7 Å². The van der Waals surface area contributed by atoms with Crippen molar-refractivity contribution < 1.29 is 9.15 Å². The summed E-state index contributed by atoms with van der Waals surface area (Å²) in [6, 6.07) is 4.50. The van der Waals surface area contributed by atoms with E-state index in [1.807, 2.05) is 0 Å². The van der Waals surface area contributed by atoms with E-state index in [9.17, 15) is 0 Å². The van der Waals surface area contributed by atoms with Crippen LogP contribution >= 0.6 is 9.24 Å². The molecule has 0 radical (unpaired) electrons. The molecule has 1 aliphatic heterocycles. The zero-order valence-electron chi connectivity index (χ0n) is 9.11. The Balaban J connectivity index is 2.02. The summed E-state index contributed by atoms with van der Waals surface area (Å²) < 4.78 is 11.1. The quantitative estimate of drug-likeness (QED) is 0.739. The third-order valence-electron chi connectivity index (χ3n) is 2.89. The van der Waals surface area contributed by atoms with Crippen LogP contribution in [0.15, 0.2) is 16.5 Å². The molecule has 2 heterocycles. The number of nitrogens with zero attached hydrogens (tertiary/aromatic N) is 1. The normalized spacial score (nSPS) is 20.4. The molecular formula is C11H18NO2P. The molecule has 0 bridgehead atoms. The number of furan rings is 1. The van der Waals surface area contributed by atoms with Gasteiger partial charge < -0.3 is 9.15 Å². The van der Waals surface area contributed by atoms with Gasteiger partial charge in [-0.05, 0) is 19.1 Å². The molecule has 15 heavy (non-hydrogen) atoms. The zero-order chi connectivity index (χ0) is 10.7. The van der Waals surface area contributed by atoms with Crippen LogP contribution in [0.2, 0.25) is 0 Å². The minimum Gasteiger partial charge on any atom is -0.464 e. The van der Waals surface area contributed by atoms with Crippen LogP contribution < -0.4 is 0 Å². The number of hydrogen-bond acceptors (Lipinski definition) is 3. The fraction of sp³-hybridized carbons (Fsp3) is 0.636. The molecule has 1 fully saturated rings. The number of ether oxygens (including phenoxy) is 1. The van der Waals surface area contributed by atoms with E-state index in [4.69, 9.17) is 9.15 Å². The van der Waals surface area contributed by atoms with Gasteiger partial charge in [-0.2, -0.15) is 0 Å². The van der Waals surface area contributed by atoms with Gasteiger partial charge in [-0.3, -0.25) is 4.90 Å². The van der Waals surface area contributed by atoms with E-state index < -0.39 is 0 Å². The van der Waals surface area contributed by atoms with Gasteiger partial charge in [0.1, 0.15) is 11.5 Å². The highest BCUT2D eigenvalue weighted by Gasteiger charge is 2.20. The molecule has 2 atom stereocenters. The van der Waals surface area contributed by atoms with Gasteiger partial charge in [0.05, 0.1) is 19.3 Å². The summed E-state index contributed by atoms with van der Waals surface area (Å²) in [5.41, 5.74) is 0. The van der Waals surface area contributed by atoms with Crippen molar-refractivity contribution in [2.24, 2.45) is 0 Å². The van der Waals surface area contributed by atoms with E-state index in [-0.39, 0.29) is 0 Å². The molecule has 3 nitrogen and oxygen atoms in total. The lowest BCUT2D eigenvalue weighted by Gasteiger charge is -2.31. The predicted molar refractivity (Wildman–Crippen MR) is 62.9 cm³/mol. The van der Waals surface area contributed by atoms with E-state index in [1.54, 1.807) is 0 Å². The van der Waals surface area contributed by atoms with Crippen molar-refractivity contribution in [2.45, 2.75) is 19.1 Å². The third kappa shape index (κ3) is 2.60. The Hall–Kier alpha value is -0.370. The van der Waals surface area contributed by atoms with Crippen molar-refractivity contribution in [3.8, 4) is 0 Å². The first-order chi connectivity index (χ1) is 7.31. The fourth-order valence-corrected chi connectivity index (χ4v) is 2.09. The molecule has 0 saturated carbocycles. The lowest BCUT2D eigenvalue weighted by molar-refractivity contribution is 0.0155. The fourth-order valence-electron chi connectivity index (χ4n) is 1.87. The van der Waals surface area contributed by atoms with Crippen LogP contribution in [0.5, 0.6) is 0 Å². The number of morpholine rings is 1. The van der Waals surface area contributed by atoms with Crippen LogP contribution in [0.1, 0.15) is 24.5 Å². The van der Waals surface area contributed by atoms with Gasteiger partial charge in [0, 0.05) is 19.3 Å². The maximum atomic E-state index is 5.74. The molecule has 2 unspecified atom stereocenters. The second-order valence-corrected chi connectivity index (χ2v) is 4.24. The Morgan fingerprint density at radius 3 is 2.73 bits per heavy atom. The minimum absolute atomic E-state index is 0.360. The number of hydrogen-bond donors (Lipinski definition) is 0. The van der Waals surface area contributed by atoms with Crippen LogP contribution in [0.4, 0.5) is 0 Å². The number of rotatable bonds is 3. The molecule has 0 spiro atoms. The second kappa shape index (κ2) is 5.11. The highest BCUT2D eigenvalue weighted by molar-refractivity contribution is 7.15. The van der Waals surface area contributed by atoms with Gasteiger partial charge >= 0.3 is 0 Å². The molecule has 1 aromatic rings. The van der Waals surface area contributed by atoms with Gasteiger partial charge in [-0.1, -0.05) is 0 Å². The van der Waals surface area contributed by atoms with Gasteiger partial charge in [-0.25, -0.2) is 0 Å². The van der Waals surface area contributed by atoms with E-state index in [0.29, 0.717) is 6.04 Å². The van der Waals surface area contributed by atoms with Crippen LogP contribution in [0.3, 0.4) is 0 Å². The van der Waals surface area contributed by atoms with Gasteiger partial charge in [0.15, 0.2) is 0 Å². The molecule has 1 aliphatic rings. The molecule has 84 valence electrons. The van der Waals surface area contributed by atoms with Gasteiger partial charge in [0.25, 0.3) is 0 Å². The molecule has 1 saturated heterocycles. The zero-order valence-corrected chi connectivity index (χ0v) is 10.3. The van der Waals surface area contributed by atoms with E-state index in [2.05, 4.69) is 33.2 Å². The molecule has 0 amide bonds. The summed E-state index contributed by atoms with van der Waals surface area (Å²) in [5, 5.41) is 0. The van der Waals surface area contributed by atoms with Crippen molar-refractivity contribution in [3.63, 3.8) is 0 Å². The smallest absolute Gasteiger partial charge is 0.121 e. The highest BCUT2D eigenvalue weighted by Crippen LogP contribution is 2.23. The molecule has 1 aromatic heterocycles. The molecule has 0 aliphatic carbocycles. The Morgan fingerprint density at radius 1 is 1.40 bits per heavy atom. The summed E-state index contributed by atoms with van der Waals surface area (Å²) in [6.45, 7) is 5.86. The lowest BCUT2D eigenvalue weighted by Crippen LogP contribution is -2.37. The molecule has 0 aromatic carbocycles. The van der Waals surface area contributed by atoms with Gasteiger partial charge in [0.2, 0.25) is 0 Å². The summed E-state index contributed by atoms with van der Waals surface area (Å²) in [6.07, 6.45) is 0.885. The Kier molecular flexibility index (Phi) is 3.79. The SMILES string of the molecule is CC(c1ccc(CP)o1)N1CCOCC1. The maximum Gasteiger partial charge on any atom is 0.121 e. The minimum atomic E-state index is 0.360. The summed E-state index contributed by atoms with van der Waals surface area (Å²) >= 11 is 0. The predicted octanol–water partition coefficient (Wildman–Crippen LogP) is 2.05. The third-order valence-corrected chi connectivity index (χ3v) is 3.29. The molecular weight excluding hydrogens is 209 g/mol. The van der Waals surface area contributed by atoms with E-state index in [0.717, 1.165) is 44.0 Å². The van der Waals surface area contributed by atoms with Crippen LogP contribution in [0, 0.1) is 0 Å². The highest BCUT2D eigenvalue weighted by atomic mass is 31.0. The van der Waals surface area contributed by atoms with Gasteiger partial charge in [-0.15, -0.1) is 9.24 Å². The summed E-state index contributed by atoms with van der Waals surface area (Å²) in [5.74, 6) is 2.10. The Morgan fingerprint density at radius 2 is 2.13 bits per heavy atom. The Bertz CT molecular complexity index is 307. The molecule has 0 N–H and O–H groups in total. The topological polar surface area (TPSA) is 25.6 Å². The average Bonchev–Trinajstić information content (AvgIpc) is 2.78. The maximum absolute atomic E-state index is 5.74. The van der Waals surface area contributed by atoms with E-state index >= 15 is 0 Å². The monoisotopic (exact) mass is 227 g/mol. The average molecular weight is 227 g/mol. The van der Waals surface area contributed by atoms with Crippen molar-refractivity contribution in [1.82, 2.24) is 4.90 Å². The van der Waals surface area contributed by atoms with Crippen molar-refractivity contribution in [1.29, 1.82) is 0 Å². The summed E-state index contributed by atoms with van der Waals surface area (Å²) in [4.78, 5) is 2.40. The van der Waals surface area contributed by atoms with Crippen LogP contribution in [-0.4, -0.2) is 31.2 Å². The second-order valence-electron chi connectivity index (χ2n) is 3.83. The first-order valence-corrected chi connectivity index (χ1v) is 6.23. The van der Waals surface area contributed by atoms with E-state index in [1.165, 1.54) is 0 Å². The van der Waals surface area contributed by atoms with Crippen LogP contribution in [-0.2, 0) is 10.9 Å². The summed E-state index contributed by atoms with van der Waals surface area (Å²) in [7, 11) is 2.68. The van der Waals surface area contributed by atoms with Crippen LogP contribution in [0.25, 0.3) is 0 Å². The van der Waals surface area contributed by atoms with Crippen molar-refractivity contribution in [2.75, 3.05) is 26.3 Å². The standard InChI is InChI=1S/C11H18NO2P/c1-9(12-4-6-13-7-5-12)11-3-2-10(8-15)14-11/h2-3,9H,4-8,15H2,1H3. The largest absolute Gasteiger partial charge is 0.464 e. The first kappa shape index (κ1) is 11.1. The lowest BCUT2D eigenvalue weighted by atomic mass is 10.2. The molecule has 2 rings (SSSR count).